The van der Waals surface area contributed by atoms with E-state index in [0.29, 0.717) is 11.3 Å². The van der Waals surface area contributed by atoms with Crippen molar-refractivity contribution in [2.24, 2.45) is 5.41 Å². The Labute approximate surface area is 190 Å². The van der Waals surface area contributed by atoms with Gasteiger partial charge in [0.15, 0.2) is 0 Å². The van der Waals surface area contributed by atoms with E-state index in [9.17, 15) is 22.7 Å². The number of aliphatic hydroxyl groups is 1. The van der Waals surface area contributed by atoms with Gasteiger partial charge >= 0.3 is 0 Å². The van der Waals surface area contributed by atoms with Crippen LogP contribution in [0.4, 0.5) is 4.39 Å². The van der Waals surface area contributed by atoms with Crippen LogP contribution in [0.5, 0.6) is 5.75 Å². The van der Waals surface area contributed by atoms with Crippen LogP contribution in [-0.2, 0) is 21.4 Å². The average Bonchev–Trinajstić information content (AvgIpc) is 2.71. The van der Waals surface area contributed by atoms with Crippen LogP contribution in [0.1, 0.15) is 25.8 Å². The average molecular weight is 487 g/mol. The molecule has 0 bridgehead atoms. The zero-order valence-corrected chi connectivity index (χ0v) is 19.0. The number of hydrogen-bond donors (Lipinski definition) is 3. The number of nitrogens with zero attached hydrogens (tertiary/aromatic N) is 1. The molecule has 32 heavy (non-hydrogen) atoms. The number of carbonyl (C=O) groups excluding carboxylic acids is 1. The Bertz CT molecular complexity index is 1090. The second kappa shape index (κ2) is 9.32. The number of hydrogen-bond acceptors (Lipinski definition) is 6. The van der Waals surface area contributed by atoms with E-state index in [0.717, 1.165) is 4.31 Å². The van der Waals surface area contributed by atoms with Gasteiger partial charge in [0.1, 0.15) is 24.2 Å². The lowest BCUT2D eigenvalue weighted by Gasteiger charge is -2.45. The first-order chi connectivity index (χ1) is 15.0. The summed E-state index contributed by atoms with van der Waals surface area (Å²) in [5.41, 5.74) is 1.17. The molecule has 1 aliphatic rings. The number of nitrogens with one attached hydrogen (secondary N) is 1. The van der Waals surface area contributed by atoms with Gasteiger partial charge < -0.3 is 9.84 Å². The third-order valence-electron chi connectivity index (χ3n) is 5.38. The van der Waals surface area contributed by atoms with Crippen molar-refractivity contribution in [3.8, 4) is 5.75 Å². The summed E-state index contributed by atoms with van der Waals surface area (Å²) in [5, 5.41) is 19.5. The van der Waals surface area contributed by atoms with Gasteiger partial charge in [-0.1, -0.05) is 31.5 Å². The Kier molecular flexibility index (Phi) is 7.11. The molecule has 0 spiro atoms. The van der Waals surface area contributed by atoms with Crippen molar-refractivity contribution in [3.63, 3.8) is 0 Å². The third-order valence-corrected chi connectivity index (χ3v) is 7.58. The smallest absolute Gasteiger partial charge is 0.262 e. The van der Waals surface area contributed by atoms with E-state index >= 15 is 0 Å². The molecule has 1 fully saturated rings. The van der Waals surface area contributed by atoms with E-state index in [1.807, 2.05) is 0 Å². The number of hydroxylamine groups is 1. The molecule has 1 amide bonds. The molecule has 1 saturated heterocycles. The summed E-state index contributed by atoms with van der Waals surface area (Å²) in [6.07, 6.45) is -0.777. The second-order valence-electron chi connectivity index (χ2n) is 8.30. The summed E-state index contributed by atoms with van der Waals surface area (Å²) in [6.45, 7) is 3.06. The number of aliphatic hydroxyl groups excluding tert-OH is 1. The molecule has 1 heterocycles. The van der Waals surface area contributed by atoms with E-state index in [-0.39, 0.29) is 29.5 Å². The molecule has 0 saturated carbocycles. The van der Waals surface area contributed by atoms with E-state index in [4.69, 9.17) is 21.5 Å². The normalized spacial score (nSPS) is 21.2. The summed E-state index contributed by atoms with van der Waals surface area (Å²) in [6, 6.07) is 8.23. The van der Waals surface area contributed by atoms with Gasteiger partial charge in [-0.3, -0.25) is 10.0 Å². The van der Waals surface area contributed by atoms with Crippen LogP contribution in [0.25, 0.3) is 0 Å². The SMILES string of the molecule is CC1(C)CC(O)CN(S(=O)(=O)c2ccc(OCc3ccc(F)cc3Cl)cc2)[C@H]1C(=O)NO. The molecular weight excluding hydrogens is 463 g/mol. The van der Waals surface area contributed by atoms with E-state index in [1.165, 1.54) is 47.9 Å². The molecule has 1 aliphatic heterocycles. The Morgan fingerprint density at radius 1 is 1.28 bits per heavy atom. The lowest BCUT2D eigenvalue weighted by atomic mass is 9.76. The Hall–Kier alpha value is -2.24. The van der Waals surface area contributed by atoms with Crippen LogP contribution in [0.15, 0.2) is 47.4 Å². The van der Waals surface area contributed by atoms with Crippen LogP contribution in [-0.4, -0.2) is 47.6 Å². The zero-order chi connectivity index (χ0) is 23.7. The lowest BCUT2D eigenvalue weighted by Crippen LogP contribution is -2.62. The number of piperidine rings is 1. The third kappa shape index (κ3) is 5.05. The number of carbonyl (C=O) groups is 1. The van der Waals surface area contributed by atoms with Crippen molar-refractivity contribution in [3.05, 3.63) is 58.9 Å². The largest absolute Gasteiger partial charge is 0.489 e. The van der Waals surface area contributed by atoms with Crippen LogP contribution < -0.4 is 10.2 Å². The summed E-state index contributed by atoms with van der Waals surface area (Å²) in [4.78, 5) is 12.2. The van der Waals surface area contributed by atoms with Gasteiger partial charge in [0.05, 0.1) is 16.0 Å². The topological polar surface area (TPSA) is 116 Å². The maximum atomic E-state index is 13.3. The number of β-amino-alcohol motifs (C(OH)–C–C–N with tert-alkyl or cyclic N) is 1. The summed E-state index contributed by atoms with van der Waals surface area (Å²) >= 11 is 5.98. The van der Waals surface area contributed by atoms with Crippen LogP contribution in [0.2, 0.25) is 5.02 Å². The van der Waals surface area contributed by atoms with Crippen molar-refractivity contribution in [2.75, 3.05) is 6.54 Å². The number of rotatable bonds is 6. The molecule has 3 N–H and O–H groups in total. The molecule has 8 nitrogen and oxygen atoms in total. The fourth-order valence-electron chi connectivity index (χ4n) is 3.91. The maximum Gasteiger partial charge on any atom is 0.262 e. The Morgan fingerprint density at radius 2 is 1.94 bits per heavy atom. The second-order valence-corrected chi connectivity index (χ2v) is 10.6. The minimum Gasteiger partial charge on any atom is -0.489 e. The van der Waals surface area contributed by atoms with Crippen LogP contribution in [0, 0.1) is 11.2 Å². The first kappa shape index (κ1) is 24.4. The number of amides is 1. The quantitative estimate of drug-likeness (QED) is 0.427. The van der Waals surface area contributed by atoms with Gasteiger partial charge in [-0.2, -0.15) is 4.31 Å². The monoisotopic (exact) mass is 486 g/mol. The van der Waals surface area contributed by atoms with Crippen molar-refractivity contribution >= 4 is 27.5 Å². The predicted octanol–water partition coefficient (Wildman–Crippen LogP) is 2.71. The summed E-state index contributed by atoms with van der Waals surface area (Å²) in [7, 11) is -4.18. The fraction of sp³-hybridized carbons (Fsp3) is 0.381. The minimum absolute atomic E-state index is 0.0520. The molecule has 2 atom stereocenters. The predicted molar refractivity (Wildman–Crippen MR) is 114 cm³/mol. The maximum absolute atomic E-state index is 13.3. The van der Waals surface area contributed by atoms with Gasteiger partial charge in [0, 0.05) is 12.1 Å². The highest BCUT2D eigenvalue weighted by atomic mass is 35.5. The van der Waals surface area contributed by atoms with Gasteiger partial charge in [-0.25, -0.2) is 18.3 Å². The zero-order valence-electron chi connectivity index (χ0n) is 17.5. The van der Waals surface area contributed by atoms with Crippen molar-refractivity contribution in [2.45, 2.75) is 43.9 Å². The van der Waals surface area contributed by atoms with Gasteiger partial charge in [0.25, 0.3) is 5.91 Å². The first-order valence-electron chi connectivity index (χ1n) is 9.76. The Morgan fingerprint density at radius 3 is 2.53 bits per heavy atom. The van der Waals surface area contributed by atoms with Crippen LogP contribution in [0.3, 0.4) is 0 Å². The molecular formula is C21H24ClFN2O6S. The van der Waals surface area contributed by atoms with E-state index in [2.05, 4.69) is 0 Å². The molecule has 3 rings (SSSR count). The molecule has 11 heteroatoms. The highest BCUT2D eigenvalue weighted by Gasteiger charge is 2.50. The number of benzene rings is 2. The van der Waals surface area contributed by atoms with E-state index < -0.39 is 39.3 Å². The molecule has 1 unspecified atom stereocenters. The number of sulfonamides is 1. The highest BCUT2D eigenvalue weighted by molar-refractivity contribution is 7.89. The van der Waals surface area contributed by atoms with Gasteiger partial charge in [-0.15, -0.1) is 0 Å². The summed E-state index contributed by atoms with van der Waals surface area (Å²) < 4.78 is 46.2. The van der Waals surface area contributed by atoms with Crippen LogP contribution >= 0.6 is 11.6 Å². The molecule has 2 aromatic rings. The molecule has 0 aliphatic carbocycles. The number of ether oxygens (including phenoxy) is 1. The molecule has 2 aromatic carbocycles. The van der Waals surface area contributed by atoms with Gasteiger partial charge in [-0.05, 0) is 48.2 Å². The van der Waals surface area contributed by atoms with Gasteiger partial charge in [0.2, 0.25) is 10.0 Å². The highest BCUT2D eigenvalue weighted by Crippen LogP contribution is 2.38. The molecule has 0 aromatic heterocycles. The van der Waals surface area contributed by atoms with Crippen molar-refractivity contribution in [1.29, 1.82) is 0 Å². The summed E-state index contributed by atoms with van der Waals surface area (Å²) in [5.74, 6) is -0.984. The first-order valence-corrected chi connectivity index (χ1v) is 11.6. The Balaban J connectivity index is 1.82. The standard InChI is InChI=1S/C21H24ClFN2O6S/c1-21(2)10-15(26)11-25(19(21)20(27)24-28)32(29,30)17-7-5-16(6-8-17)31-12-13-3-4-14(23)9-18(13)22/h3-9,15,19,26,28H,10-12H2,1-2H3,(H,24,27)/t15?,19-/m0/s1. The van der Waals surface area contributed by atoms with E-state index in [1.54, 1.807) is 13.8 Å². The van der Waals surface area contributed by atoms with Crippen molar-refractivity contribution < 1.29 is 32.7 Å². The number of halogens is 2. The van der Waals surface area contributed by atoms with Crippen molar-refractivity contribution in [1.82, 2.24) is 9.79 Å². The molecule has 0 radical (unpaired) electrons. The lowest BCUT2D eigenvalue weighted by molar-refractivity contribution is -0.140. The minimum atomic E-state index is -4.18. The fourth-order valence-corrected chi connectivity index (χ4v) is 5.91. The molecule has 174 valence electrons.